The highest BCUT2D eigenvalue weighted by Crippen LogP contribution is 2.13. The molecule has 2 rings (SSSR count). The fourth-order valence-corrected chi connectivity index (χ4v) is 2.89. The van der Waals surface area contributed by atoms with Crippen LogP contribution in [0.3, 0.4) is 0 Å². The van der Waals surface area contributed by atoms with E-state index in [1.165, 1.54) is 37.0 Å². The summed E-state index contributed by atoms with van der Waals surface area (Å²) in [5.41, 5.74) is 0.158. The summed E-state index contributed by atoms with van der Waals surface area (Å²) >= 11 is 0. The number of ether oxygens (including phenoxy) is 1. The van der Waals surface area contributed by atoms with Crippen molar-refractivity contribution in [2.75, 3.05) is 20.7 Å². The fourth-order valence-electron chi connectivity index (χ4n) is 1.96. The highest BCUT2D eigenvalue weighted by atomic mass is 32.2. The van der Waals surface area contributed by atoms with E-state index in [-0.39, 0.29) is 23.6 Å². The van der Waals surface area contributed by atoms with Gasteiger partial charge < -0.3 is 9.30 Å². The zero-order valence-electron chi connectivity index (χ0n) is 13.3. The number of rotatable bonds is 6. The van der Waals surface area contributed by atoms with Crippen LogP contribution >= 0.6 is 0 Å². The third kappa shape index (κ3) is 4.01. The molecule has 8 heteroatoms. The van der Waals surface area contributed by atoms with Crippen LogP contribution in [0.2, 0.25) is 0 Å². The van der Waals surface area contributed by atoms with Gasteiger partial charge in [0, 0.05) is 26.4 Å². The predicted molar refractivity (Wildman–Crippen MR) is 88.2 cm³/mol. The minimum Gasteiger partial charge on any atom is -0.492 e. The Labute approximate surface area is 140 Å². The van der Waals surface area contributed by atoms with Crippen molar-refractivity contribution in [3.63, 3.8) is 0 Å². The van der Waals surface area contributed by atoms with Gasteiger partial charge in [-0.2, -0.15) is 5.26 Å². The van der Waals surface area contributed by atoms with Gasteiger partial charge in [0.25, 0.3) is 5.56 Å². The monoisotopic (exact) mass is 347 g/mol. The highest BCUT2D eigenvalue weighted by molar-refractivity contribution is 7.89. The second kappa shape index (κ2) is 7.29. The maximum atomic E-state index is 12.1. The molecule has 0 saturated carbocycles. The van der Waals surface area contributed by atoms with E-state index in [4.69, 9.17) is 10.00 Å². The Morgan fingerprint density at radius 2 is 2.00 bits per heavy atom. The quantitative estimate of drug-likeness (QED) is 0.779. The second-order valence-electron chi connectivity index (χ2n) is 5.17. The molecule has 0 N–H and O–H groups in total. The fraction of sp³-hybridized carbons (Fsp3) is 0.250. The summed E-state index contributed by atoms with van der Waals surface area (Å²) in [4.78, 5) is 11.9. The number of nitrogens with zero attached hydrogens (tertiary/aromatic N) is 3. The standard InChI is InChI=1S/C16H17N3O4S/c1-18(2)24(21,22)15-6-7-16(20)19(12-15)8-9-23-14-5-3-4-13(10-14)11-17/h3-7,10,12H,8-9H2,1-2H3. The smallest absolute Gasteiger partial charge is 0.250 e. The molecule has 126 valence electrons. The zero-order chi connectivity index (χ0) is 17.7. The summed E-state index contributed by atoms with van der Waals surface area (Å²) in [6.07, 6.45) is 1.30. The number of benzene rings is 1. The van der Waals surface area contributed by atoms with Gasteiger partial charge >= 0.3 is 0 Å². The maximum absolute atomic E-state index is 12.1. The largest absolute Gasteiger partial charge is 0.492 e. The van der Waals surface area contributed by atoms with Gasteiger partial charge in [0.2, 0.25) is 10.0 Å². The Bertz CT molecular complexity index is 927. The van der Waals surface area contributed by atoms with Crippen molar-refractivity contribution in [2.45, 2.75) is 11.4 Å². The minimum absolute atomic E-state index is 0.0403. The molecule has 0 fully saturated rings. The first-order valence-electron chi connectivity index (χ1n) is 7.10. The number of aromatic nitrogens is 1. The van der Waals surface area contributed by atoms with E-state index >= 15 is 0 Å². The van der Waals surface area contributed by atoms with Gasteiger partial charge in [0.05, 0.1) is 23.1 Å². The van der Waals surface area contributed by atoms with Crippen LogP contribution in [0.1, 0.15) is 5.56 Å². The van der Waals surface area contributed by atoms with Gasteiger partial charge in [-0.1, -0.05) is 6.07 Å². The molecule has 0 aliphatic carbocycles. The van der Waals surface area contributed by atoms with E-state index in [1.54, 1.807) is 24.3 Å². The molecule has 0 spiro atoms. The molecule has 7 nitrogen and oxygen atoms in total. The van der Waals surface area contributed by atoms with Crippen LogP contribution in [0, 0.1) is 11.3 Å². The Kier molecular flexibility index (Phi) is 5.39. The van der Waals surface area contributed by atoms with Gasteiger partial charge in [-0.15, -0.1) is 0 Å². The normalized spacial score (nSPS) is 11.2. The topological polar surface area (TPSA) is 92.4 Å². The van der Waals surface area contributed by atoms with Gasteiger partial charge in [-0.05, 0) is 24.3 Å². The molecule has 0 bridgehead atoms. The first-order valence-corrected chi connectivity index (χ1v) is 8.54. The zero-order valence-corrected chi connectivity index (χ0v) is 14.2. The van der Waals surface area contributed by atoms with Crippen molar-refractivity contribution in [1.29, 1.82) is 5.26 Å². The predicted octanol–water partition coefficient (Wildman–Crippen LogP) is 1.05. The number of nitriles is 1. The molecule has 0 aliphatic heterocycles. The van der Waals surface area contributed by atoms with Crippen LogP contribution in [-0.2, 0) is 16.6 Å². The average Bonchev–Trinajstić information content (AvgIpc) is 2.56. The number of sulfonamides is 1. The van der Waals surface area contributed by atoms with Crippen LogP contribution in [0.4, 0.5) is 0 Å². The maximum Gasteiger partial charge on any atom is 0.250 e. The molecule has 0 atom stereocenters. The van der Waals surface area contributed by atoms with Gasteiger partial charge in [0.15, 0.2) is 0 Å². The number of hydrogen-bond acceptors (Lipinski definition) is 5. The lowest BCUT2D eigenvalue weighted by Gasteiger charge is -2.13. The van der Waals surface area contributed by atoms with E-state index < -0.39 is 10.0 Å². The Balaban J connectivity index is 2.13. The number of hydrogen-bond donors (Lipinski definition) is 0. The first-order chi connectivity index (χ1) is 11.3. The van der Waals surface area contributed by atoms with Crippen molar-refractivity contribution in [3.05, 3.63) is 58.5 Å². The molecular weight excluding hydrogens is 330 g/mol. The van der Waals surface area contributed by atoms with Crippen molar-refractivity contribution in [3.8, 4) is 11.8 Å². The summed E-state index contributed by atoms with van der Waals surface area (Å²) in [6.45, 7) is 0.354. The summed E-state index contributed by atoms with van der Waals surface area (Å²) in [5.74, 6) is 0.513. The minimum atomic E-state index is -3.61. The Hall–Kier alpha value is -2.63. The number of pyridine rings is 1. The van der Waals surface area contributed by atoms with E-state index in [0.717, 1.165) is 4.31 Å². The Morgan fingerprint density at radius 1 is 1.25 bits per heavy atom. The average molecular weight is 347 g/mol. The highest BCUT2D eigenvalue weighted by Gasteiger charge is 2.18. The van der Waals surface area contributed by atoms with E-state index in [2.05, 4.69) is 0 Å². The summed E-state index contributed by atoms with van der Waals surface area (Å²) < 4.78 is 32.1. The molecule has 0 amide bonds. The lowest BCUT2D eigenvalue weighted by Crippen LogP contribution is -2.27. The lowest BCUT2D eigenvalue weighted by molar-refractivity contribution is 0.295. The van der Waals surface area contributed by atoms with E-state index in [9.17, 15) is 13.2 Å². The molecule has 0 aliphatic rings. The van der Waals surface area contributed by atoms with Crippen LogP contribution < -0.4 is 10.3 Å². The summed E-state index contributed by atoms with van der Waals surface area (Å²) in [6, 6.07) is 11.2. The molecule has 1 aromatic carbocycles. The molecule has 24 heavy (non-hydrogen) atoms. The molecule has 0 radical (unpaired) electrons. The molecule has 1 heterocycles. The van der Waals surface area contributed by atoms with E-state index in [0.29, 0.717) is 11.3 Å². The van der Waals surface area contributed by atoms with Gasteiger partial charge in [0.1, 0.15) is 12.4 Å². The van der Waals surface area contributed by atoms with Crippen molar-refractivity contribution < 1.29 is 13.2 Å². The van der Waals surface area contributed by atoms with Crippen LogP contribution in [-0.4, -0.2) is 38.0 Å². The molecule has 1 aromatic heterocycles. The molecule has 0 saturated heterocycles. The SMILES string of the molecule is CN(C)S(=O)(=O)c1ccc(=O)n(CCOc2cccc(C#N)c2)c1. The van der Waals surface area contributed by atoms with Crippen LogP contribution in [0.5, 0.6) is 5.75 Å². The van der Waals surface area contributed by atoms with Gasteiger partial charge in [-0.25, -0.2) is 12.7 Å². The summed E-state index contributed by atoms with van der Waals surface area (Å²) in [7, 11) is -0.752. The molecular formula is C16H17N3O4S. The second-order valence-corrected chi connectivity index (χ2v) is 7.32. The van der Waals surface area contributed by atoms with Gasteiger partial charge in [-0.3, -0.25) is 4.79 Å². The molecule has 2 aromatic rings. The Morgan fingerprint density at radius 3 is 2.67 bits per heavy atom. The first kappa shape index (κ1) is 17.7. The van der Waals surface area contributed by atoms with Crippen LogP contribution in [0.15, 0.2) is 52.3 Å². The van der Waals surface area contributed by atoms with Crippen molar-refractivity contribution in [1.82, 2.24) is 8.87 Å². The van der Waals surface area contributed by atoms with Crippen molar-refractivity contribution in [2.24, 2.45) is 0 Å². The third-order valence-corrected chi connectivity index (χ3v) is 5.10. The molecule has 0 unspecified atom stereocenters. The van der Waals surface area contributed by atoms with Crippen LogP contribution in [0.25, 0.3) is 0 Å². The third-order valence-electron chi connectivity index (χ3n) is 3.30. The lowest BCUT2D eigenvalue weighted by atomic mass is 10.2. The summed E-state index contributed by atoms with van der Waals surface area (Å²) in [5, 5.41) is 8.84. The van der Waals surface area contributed by atoms with Crippen molar-refractivity contribution >= 4 is 10.0 Å². The van der Waals surface area contributed by atoms with E-state index in [1.807, 2.05) is 6.07 Å².